The van der Waals surface area contributed by atoms with Crippen molar-refractivity contribution in [3.8, 4) is 22.9 Å². The first-order chi connectivity index (χ1) is 17.8. The average molecular weight is 500 g/mol. The minimum absolute atomic E-state index is 0.164. The predicted molar refractivity (Wildman–Crippen MR) is 141 cm³/mol. The zero-order chi connectivity index (χ0) is 25.6. The molecule has 1 saturated heterocycles. The number of pyridine rings is 1. The predicted octanol–water partition coefficient (Wildman–Crippen LogP) is 4.32. The van der Waals surface area contributed by atoms with Crippen molar-refractivity contribution in [1.82, 2.24) is 19.9 Å². The van der Waals surface area contributed by atoms with Crippen LogP contribution in [0.1, 0.15) is 48.3 Å². The standard InChI is InChI=1S/C28H30FN7O/c1-13-19-9-18(11-32-26(19)14(2)35(13)4)37-28-33-24-10-20-21(6-16(29)7-23(20)31-3)25(24)27(34-28)36-12-15-5-17(36)8-22(15)30/h6-7,9,11,14-15,17,22,31H,1,5,8,10,12,30H2,2-4H3/t14?,15?,17?,22-/m0/s1. The van der Waals surface area contributed by atoms with Crippen LogP contribution in [0.5, 0.6) is 11.8 Å². The Morgan fingerprint density at radius 3 is 2.76 bits per heavy atom. The molecule has 9 heteroatoms. The summed E-state index contributed by atoms with van der Waals surface area (Å²) in [6, 6.07) is 6.06. The highest BCUT2D eigenvalue weighted by molar-refractivity contribution is 5.88. The molecule has 2 aliphatic heterocycles. The second-order valence-corrected chi connectivity index (χ2v) is 10.7. The van der Waals surface area contributed by atoms with Gasteiger partial charge in [-0.15, -0.1) is 0 Å². The Kier molecular flexibility index (Phi) is 4.79. The van der Waals surface area contributed by atoms with Gasteiger partial charge in [0.2, 0.25) is 0 Å². The Morgan fingerprint density at radius 2 is 2.03 bits per heavy atom. The third-order valence-corrected chi connectivity index (χ3v) is 8.73. The lowest BCUT2D eigenvalue weighted by molar-refractivity contribution is 0.398. The minimum Gasteiger partial charge on any atom is -0.423 e. The number of nitrogens with zero attached hydrogens (tertiary/aromatic N) is 5. The molecular weight excluding hydrogens is 469 g/mol. The van der Waals surface area contributed by atoms with E-state index in [1.807, 2.05) is 20.2 Å². The molecule has 2 aliphatic carbocycles. The molecule has 2 bridgehead atoms. The summed E-state index contributed by atoms with van der Waals surface area (Å²) in [4.78, 5) is 18.9. The number of aromatic nitrogens is 3. The molecule has 3 aromatic rings. The Balaban J connectivity index is 1.32. The fraction of sp³-hybridized carbons (Fsp3) is 0.393. The van der Waals surface area contributed by atoms with E-state index in [9.17, 15) is 4.39 Å². The third-order valence-electron chi connectivity index (χ3n) is 8.73. The van der Waals surface area contributed by atoms with Crippen molar-refractivity contribution in [3.05, 3.63) is 59.3 Å². The number of hydrogen-bond acceptors (Lipinski definition) is 8. The molecule has 0 spiro atoms. The van der Waals surface area contributed by atoms with Crippen molar-refractivity contribution in [3.63, 3.8) is 0 Å². The van der Waals surface area contributed by atoms with E-state index in [0.717, 1.165) is 70.2 Å². The number of anilines is 2. The van der Waals surface area contributed by atoms with Crippen LogP contribution in [0.4, 0.5) is 15.9 Å². The van der Waals surface area contributed by atoms with Crippen molar-refractivity contribution < 1.29 is 9.13 Å². The number of rotatable bonds is 4. The summed E-state index contributed by atoms with van der Waals surface area (Å²) in [5, 5.41) is 3.14. The van der Waals surface area contributed by atoms with Gasteiger partial charge in [0, 0.05) is 61.7 Å². The van der Waals surface area contributed by atoms with Crippen LogP contribution in [0.2, 0.25) is 0 Å². The molecule has 4 aliphatic rings. The van der Waals surface area contributed by atoms with Gasteiger partial charge in [0.15, 0.2) is 0 Å². The van der Waals surface area contributed by atoms with Gasteiger partial charge in [-0.1, -0.05) is 6.58 Å². The van der Waals surface area contributed by atoms with Crippen molar-refractivity contribution in [1.29, 1.82) is 0 Å². The fourth-order valence-corrected chi connectivity index (χ4v) is 6.61. The molecule has 3 N–H and O–H groups in total. The summed E-state index contributed by atoms with van der Waals surface area (Å²) < 4.78 is 20.9. The normalized spacial score (nSPS) is 24.9. The number of nitrogens with one attached hydrogen (secondary N) is 1. The minimum atomic E-state index is -0.282. The van der Waals surface area contributed by atoms with Crippen molar-refractivity contribution in [2.24, 2.45) is 11.7 Å². The summed E-state index contributed by atoms with van der Waals surface area (Å²) in [7, 11) is 3.83. The highest BCUT2D eigenvalue weighted by Crippen LogP contribution is 2.49. The van der Waals surface area contributed by atoms with E-state index in [-0.39, 0.29) is 23.9 Å². The van der Waals surface area contributed by atoms with Crippen LogP contribution in [0.25, 0.3) is 16.8 Å². The highest BCUT2D eigenvalue weighted by atomic mass is 19.1. The lowest BCUT2D eigenvalue weighted by Gasteiger charge is -2.32. The van der Waals surface area contributed by atoms with E-state index < -0.39 is 0 Å². The second-order valence-electron chi connectivity index (χ2n) is 10.7. The SMILES string of the molecule is C=C1c2cc(Oc3nc4c(c(N5CC6CC5C[C@@H]6N)n3)-c3cc(F)cc(NC)c3C4)cnc2C(C)N1C. The molecule has 0 radical (unpaired) electrons. The van der Waals surface area contributed by atoms with E-state index in [2.05, 4.69) is 33.6 Å². The molecule has 4 atom stereocenters. The molecule has 2 aromatic heterocycles. The smallest absolute Gasteiger partial charge is 0.324 e. The number of ether oxygens (including phenoxy) is 1. The summed E-state index contributed by atoms with van der Waals surface area (Å²) in [6.45, 7) is 7.15. The molecule has 0 amide bonds. The maximum Gasteiger partial charge on any atom is 0.324 e. The first kappa shape index (κ1) is 22.5. The second kappa shape index (κ2) is 7.89. The topological polar surface area (TPSA) is 92.4 Å². The lowest BCUT2D eigenvalue weighted by Crippen LogP contribution is -2.41. The lowest BCUT2D eigenvalue weighted by atomic mass is 10.0. The molecule has 3 unspecified atom stereocenters. The largest absolute Gasteiger partial charge is 0.423 e. The number of benzene rings is 1. The number of hydrogen-bond donors (Lipinski definition) is 2. The van der Waals surface area contributed by atoms with E-state index in [0.29, 0.717) is 24.1 Å². The zero-order valence-corrected chi connectivity index (χ0v) is 21.3. The van der Waals surface area contributed by atoms with Crippen LogP contribution in [0.15, 0.2) is 31.0 Å². The first-order valence-electron chi connectivity index (χ1n) is 12.9. The van der Waals surface area contributed by atoms with E-state index in [1.165, 1.54) is 6.07 Å². The van der Waals surface area contributed by atoms with Gasteiger partial charge in [-0.2, -0.15) is 9.97 Å². The number of piperidine rings is 1. The Morgan fingerprint density at radius 1 is 1.19 bits per heavy atom. The maximum absolute atomic E-state index is 14.6. The van der Waals surface area contributed by atoms with Crippen LogP contribution in [0, 0.1) is 11.7 Å². The summed E-state index contributed by atoms with van der Waals surface area (Å²) >= 11 is 0. The van der Waals surface area contributed by atoms with E-state index in [1.54, 1.807) is 12.3 Å². The number of fused-ring (bicyclic) bond motifs is 6. The quantitative estimate of drug-likeness (QED) is 0.429. The first-order valence-corrected chi connectivity index (χ1v) is 12.9. The van der Waals surface area contributed by atoms with Gasteiger partial charge in [-0.25, -0.2) is 4.39 Å². The van der Waals surface area contributed by atoms with Crippen LogP contribution >= 0.6 is 0 Å². The van der Waals surface area contributed by atoms with E-state index in [4.69, 9.17) is 20.4 Å². The molecule has 190 valence electrons. The third kappa shape index (κ3) is 3.26. The van der Waals surface area contributed by atoms with Crippen LogP contribution in [-0.2, 0) is 6.42 Å². The van der Waals surface area contributed by atoms with Crippen LogP contribution < -0.4 is 20.7 Å². The van der Waals surface area contributed by atoms with Gasteiger partial charge in [0.05, 0.1) is 23.6 Å². The van der Waals surface area contributed by atoms with Crippen molar-refractivity contribution in [2.75, 3.05) is 30.9 Å². The van der Waals surface area contributed by atoms with Gasteiger partial charge in [-0.3, -0.25) is 4.98 Å². The van der Waals surface area contributed by atoms with Crippen molar-refractivity contribution >= 4 is 17.2 Å². The number of halogens is 1. The molecule has 2 fully saturated rings. The summed E-state index contributed by atoms with van der Waals surface area (Å²) in [5.41, 5.74) is 13.6. The van der Waals surface area contributed by atoms with Gasteiger partial charge >= 0.3 is 6.01 Å². The molecular formula is C28H30FN7O. The van der Waals surface area contributed by atoms with Gasteiger partial charge < -0.3 is 25.6 Å². The number of nitrogens with two attached hydrogens (primary N) is 1. The van der Waals surface area contributed by atoms with Crippen LogP contribution in [-0.4, -0.2) is 52.6 Å². The molecule has 8 nitrogen and oxygen atoms in total. The maximum atomic E-state index is 14.6. The highest BCUT2D eigenvalue weighted by Gasteiger charge is 2.45. The van der Waals surface area contributed by atoms with Crippen LogP contribution in [0.3, 0.4) is 0 Å². The molecule has 4 heterocycles. The van der Waals surface area contributed by atoms with Gasteiger partial charge in [-0.05, 0) is 55.0 Å². The summed E-state index contributed by atoms with van der Waals surface area (Å²) in [5.74, 6) is 1.52. The average Bonchev–Trinajstić information content (AvgIpc) is 3.62. The Labute approximate surface area is 215 Å². The Hall–Kier alpha value is -3.72. The molecule has 37 heavy (non-hydrogen) atoms. The Bertz CT molecular complexity index is 1470. The molecule has 1 saturated carbocycles. The van der Waals surface area contributed by atoms with Crippen molar-refractivity contribution in [2.45, 2.75) is 44.3 Å². The fourth-order valence-electron chi connectivity index (χ4n) is 6.61. The monoisotopic (exact) mass is 499 g/mol. The van der Waals surface area contributed by atoms with Gasteiger partial charge in [0.25, 0.3) is 0 Å². The van der Waals surface area contributed by atoms with E-state index >= 15 is 0 Å². The van der Waals surface area contributed by atoms with Gasteiger partial charge in [0.1, 0.15) is 17.4 Å². The molecule has 7 rings (SSSR count). The molecule has 1 aromatic carbocycles. The zero-order valence-electron chi connectivity index (χ0n) is 21.3. The summed E-state index contributed by atoms with van der Waals surface area (Å²) in [6.07, 6.45) is 4.28.